The number of aromatic nitrogens is 6. The van der Waals surface area contributed by atoms with Gasteiger partial charge in [-0.1, -0.05) is 12.1 Å². The summed E-state index contributed by atoms with van der Waals surface area (Å²) >= 11 is 0. The molecule has 0 spiro atoms. The normalized spacial score (nSPS) is 11.3. The van der Waals surface area contributed by atoms with E-state index in [-0.39, 0.29) is 17.0 Å². The van der Waals surface area contributed by atoms with E-state index in [2.05, 4.69) is 25.5 Å². The molecule has 0 saturated heterocycles. The third-order valence-corrected chi connectivity index (χ3v) is 5.55. The van der Waals surface area contributed by atoms with Crippen molar-refractivity contribution < 1.29 is 13.6 Å². The summed E-state index contributed by atoms with van der Waals surface area (Å²) in [4.78, 5) is 34.1. The molecule has 36 heavy (non-hydrogen) atoms. The van der Waals surface area contributed by atoms with Crippen LogP contribution in [0.3, 0.4) is 0 Å². The van der Waals surface area contributed by atoms with Crippen molar-refractivity contribution in [1.82, 2.24) is 29.5 Å². The Balaban J connectivity index is 1.40. The van der Waals surface area contributed by atoms with E-state index < -0.39 is 5.91 Å². The van der Waals surface area contributed by atoms with Crippen LogP contribution in [-0.4, -0.2) is 35.4 Å². The predicted octanol–water partition coefficient (Wildman–Crippen LogP) is 3.81. The molecule has 0 saturated carbocycles. The first kappa shape index (κ1) is 21.4. The number of nitrogens with one attached hydrogen (secondary N) is 1. The number of carbonyl (C=O) groups is 1. The molecule has 0 unspecified atom stereocenters. The number of hydrogen-bond acceptors (Lipinski definition) is 7. The second-order valence-electron chi connectivity index (χ2n) is 7.98. The zero-order chi connectivity index (χ0) is 24.8. The molecule has 0 aliphatic rings. The zero-order valence-electron chi connectivity index (χ0n) is 18.7. The molecule has 0 atom stereocenters. The van der Waals surface area contributed by atoms with E-state index in [4.69, 9.17) is 4.42 Å². The minimum absolute atomic E-state index is 0.138. The Bertz CT molecular complexity index is 1840. The molecule has 0 bridgehead atoms. The van der Waals surface area contributed by atoms with Gasteiger partial charge in [0, 0.05) is 12.1 Å². The number of benzene rings is 2. The summed E-state index contributed by atoms with van der Waals surface area (Å²) in [5.41, 5.74) is 1.69. The van der Waals surface area contributed by atoms with Gasteiger partial charge in [-0.3, -0.25) is 9.59 Å². The Hall–Kier alpha value is -5.19. The van der Waals surface area contributed by atoms with E-state index >= 15 is 0 Å². The summed E-state index contributed by atoms with van der Waals surface area (Å²) in [5, 5.41) is 12.5. The standard InChI is InChI=1S/C25H16FN7O3/c1-14-10-22(30-25(35)21-11-19(34)17-4-2-3-5-20(17)36-21)33(31-14)24-18-12-29-32(23(18)27-13-28-24)16-8-6-15(26)7-9-16/h2-13H,1H3,(H,30,35). The fourth-order valence-corrected chi connectivity index (χ4v) is 3.92. The Morgan fingerprint density at radius 3 is 2.64 bits per heavy atom. The van der Waals surface area contributed by atoms with Crippen LogP contribution in [-0.2, 0) is 0 Å². The van der Waals surface area contributed by atoms with E-state index in [1.165, 1.54) is 23.1 Å². The summed E-state index contributed by atoms with van der Waals surface area (Å²) in [6.07, 6.45) is 2.92. The van der Waals surface area contributed by atoms with Crippen LogP contribution in [0.5, 0.6) is 0 Å². The minimum Gasteiger partial charge on any atom is -0.451 e. The molecule has 11 heteroatoms. The molecule has 0 aliphatic heterocycles. The average Bonchev–Trinajstić information content (AvgIpc) is 3.47. The van der Waals surface area contributed by atoms with Gasteiger partial charge >= 0.3 is 0 Å². The van der Waals surface area contributed by atoms with E-state index in [9.17, 15) is 14.0 Å². The second kappa shape index (κ2) is 8.24. The summed E-state index contributed by atoms with van der Waals surface area (Å²) < 4.78 is 22.0. The molecule has 0 radical (unpaired) electrons. The first-order valence-corrected chi connectivity index (χ1v) is 10.8. The van der Waals surface area contributed by atoms with Crippen LogP contribution in [0, 0.1) is 12.7 Å². The van der Waals surface area contributed by atoms with Crippen molar-refractivity contribution in [1.29, 1.82) is 0 Å². The van der Waals surface area contributed by atoms with Crippen LogP contribution in [0.4, 0.5) is 10.2 Å². The highest BCUT2D eigenvalue weighted by Crippen LogP contribution is 2.25. The largest absolute Gasteiger partial charge is 0.451 e. The number of aryl methyl sites for hydroxylation is 1. The van der Waals surface area contributed by atoms with Crippen molar-refractivity contribution in [3.05, 3.63) is 101 Å². The van der Waals surface area contributed by atoms with Crippen molar-refractivity contribution >= 4 is 33.7 Å². The van der Waals surface area contributed by atoms with Crippen LogP contribution in [0.25, 0.3) is 33.5 Å². The van der Waals surface area contributed by atoms with Gasteiger partial charge in [-0.2, -0.15) is 14.9 Å². The molecule has 10 nitrogen and oxygen atoms in total. The van der Waals surface area contributed by atoms with Gasteiger partial charge in [0.1, 0.15) is 23.5 Å². The summed E-state index contributed by atoms with van der Waals surface area (Å²) in [6, 6.07) is 15.4. The van der Waals surface area contributed by atoms with Crippen molar-refractivity contribution in [3.63, 3.8) is 0 Å². The van der Waals surface area contributed by atoms with Gasteiger partial charge in [-0.05, 0) is 43.3 Å². The molecule has 0 fully saturated rings. The van der Waals surface area contributed by atoms with Crippen LogP contribution in [0.15, 0.2) is 82.4 Å². The first-order valence-electron chi connectivity index (χ1n) is 10.8. The monoisotopic (exact) mass is 481 g/mol. The Morgan fingerprint density at radius 1 is 1.00 bits per heavy atom. The third-order valence-electron chi connectivity index (χ3n) is 5.55. The third kappa shape index (κ3) is 3.59. The molecule has 4 heterocycles. The zero-order valence-corrected chi connectivity index (χ0v) is 18.7. The van der Waals surface area contributed by atoms with Crippen LogP contribution in [0.2, 0.25) is 0 Å². The molecular weight excluding hydrogens is 465 g/mol. The highest BCUT2D eigenvalue weighted by atomic mass is 19.1. The predicted molar refractivity (Wildman–Crippen MR) is 129 cm³/mol. The number of carbonyl (C=O) groups excluding carboxylic acids is 1. The Labute approximate surface area is 201 Å². The molecule has 1 amide bonds. The van der Waals surface area contributed by atoms with E-state index in [0.29, 0.717) is 45.0 Å². The van der Waals surface area contributed by atoms with Gasteiger partial charge in [0.2, 0.25) is 0 Å². The SMILES string of the molecule is Cc1cc(NC(=O)c2cc(=O)c3ccccc3o2)n(-c2ncnc3c2cnn3-c2ccc(F)cc2)n1. The van der Waals surface area contributed by atoms with Crippen LogP contribution >= 0.6 is 0 Å². The lowest BCUT2D eigenvalue weighted by Gasteiger charge is -2.09. The highest BCUT2D eigenvalue weighted by molar-refractivity contribution is 6.02. The van der Waals surface area contributed by atoms with Gasteiger partial charge in [0.25, 0.3) is 5.91 Å². The van der Waals surface area contributed by atoms with Gasteiger partial charge in [-0.15, -0.1) is 0 Å². The lowest BCUT2D eigenvalue weighted by molar-refractivity contribution is 0.0996. The quantitative estimate of drug-likeness (QED) is 0.406. The maximum Gasteiger partial charge on any atom is 0.292 e. The fourth-order valence-electron chi connectivity index (χ4n) is 3.92. The molecule has 4 aromatic heterocycles. The first-order chi connectivity index (χ1) is 17.5. The minimum atomic E-state index is -0.619. The molecule has 176 valence electrons. The number of hydrogen-bond donors (Lipinski definition) is 1. The number of nitrogens with zero attached hydrogens (tertiary/aromatic N) is 6. The maximum absolute atomic E-state index is 13.4. The van der Waals surface area contributed by atoms with Crippen LogP contribution < -0.4 is 10.7 Å². The van der Waals surface area contributed by atoms with Crippen LogP contribution in [0.1, 0.15) is 16.2 Å². The maximum atomic E-state index is 13.4. The number of halogens is 1. The second-order valence-corrected chi connectivity index (χ2v) is 7.98. The van der Waals surface area contributed by atoms with Gasteiger partial charge in [0.15, 0.2) is 22.7 Å². The number of rotatable bonds is 4. The smallest absolute Gasteiger partial charge is 0.292 e. The number of fused-ring (bicyclic) bond motifs is 2. The summed E-state index contributed by atoms with van der Waals surface area (Å²) in [5.74, 6) is -0.438. The molecule has 1 N–H and O–H groups in total. The number of amides is 1. The molecule has 0 aliphatic carbocycles. The molecule has 6 rings (SSSR count). The fraction of sp³-hybridized carbons (Fsp3) is 0.0400. The lowest BCUT2D eigenvalue weighted by Crippen LogP contribution is -2.17. The van der Waals surface area contributed by atoms with Crippen molar-refractivity contribution in [3.8, 4) is 11.5 Å². The summed E-state index contributed by atoms with van der Waals surface area (Å²) in [6.45, 7) is 1.77. The highest BCUT2D eigenvalue weighted by Gasteiger charge is 2.19. The van der Waals surface area contributed by atoms with Gasteiger partial charge < -0.3 is 9.73 Å². The van der Waals surface area contributed by atoms with E-state index in [0.717, 1.165) is 6.07 Å². The van der Waals surface area contributed by atoms with E-state index in [1.54, 1.807) is 60.3 Å². The lowest BCUT2D eigenvalue weighted by atomic mass is 10.2. The Morgan fingerprint density at radius 2 is 1.81 bits per heavy atom. The van der Waals surface area contributed by atoms with Gasteiger partial charge in [-0.25, -0.2) is 19.0 Å². The molecule has 6 aromatic rings. The number of anilines is 1. The Kier molecular flexibility index (Phi) is 4.88. The average molecular weight is 481 g/mol. The number of para-hydroxylation sites is 1. The molecular formula is C25H16FN7O3. The molecule has 2 aromatic carbocycles. The van der Waals surface area contributed by atoms with Crippen molar-refractivity contribution in [2.75, 3.05) is 5.32 Å². The van der Waals surface area contributed by atoms with Crippen molar-refractivity contribution in [2.24, 2.45) is 0 Å². The van der Waals surface area contributed by atoms with E-state index in [1.807, 2.05) is 0 Å². The summed E-state index contributed by atoms with van der Waals surface area (Å²) in [7, 11) is 0. The topological polar surface area (TPSA) is 121 Å². The van der Waals surface area contributed by atoms with Crippen molar-refractivity contribution in [2.45, 2.75) is 6.92 Å². The van der Waals surface area contributed by atoms with Gasteiger partial charge in [0.05, 0.1) is 28.4 Å².